The molecule has 3 unspecified atom stereocenters. The second kappa shape index (κ2) is 4.76. The van der Waals surface area contributed by atoms with Crippen LogP contribution in [0.15, 0.2) is 18.3 Å². The van der Waals surface area contributed by atoms with Gasteiger partial charge in [0.15, 0.2) is 11.6 Å². The standard InChI is InChI=1S/C11H16FN3O/c1-2-16-9-6-8(13)10(9)15-11-7(12)4-3-5-14-11/h3-5,8-10H,2,6,13H2,1H3,(H,14,15). The highest BCUT2D eigenvalue weighted by atomic mass is 19.1. The first kappa shape index (κ1) is 11.3. The van der Waals surface area contributed by atoms with Crippen LogP contribution in [0.5, 0.6) is 0 Å². The molecule has 0 amide bonds. The van der Waals surface area contributed by atoms with Crippen LogP contribution < -0.4 is 11.1 Å². The summed E-state index contributed by atoms with van der Waals surface area (Å²) in [6.07, 6.45) is 2.41. The van der Waals surface area contributed by atoms with Gasteiger partial charge in [0.1, 0.15) is 0 Å². The van der Waals surface area contributed by atoms with E-state index >= 15 is 0 Å². The summed E-state index contributed by atoms with van der Waals surface area (Å²) in [5.41, 5.74) is 5.85. The monoisotopic (exact) mass is 225 g/mol. The Labute approximate surface area is 94.0 Å². The highest BCUT2D eigenvalue weighted by molar-refractivity contribution is 5.38. The van der Waals surface area contributed by atoms with Crippen LogP contribution in [-0.4, -0.2) is 29.8 Å². The molecule has 1 aliphatic carbocycles. The molecule has 0 saturated heterocycles. The maximum absolute atomic E-state index is 13.3. The Balaban J connectivity index is 2.01. The zero-order valence-corrected chi connectivity index (χ0v) is 9.19. The van der Waals surface area contributed by atoms with Crippen LogP contribution >= 0.6 is 0 Å². The number of ether oxygens (including phenoxy) is 1. The Morgan fingerprint density at radius 1 is 1.69 bits per heavy atom. The minimum Gasteiger partial charge on any atom is -0.376 e. The van der Waals surface area contributed by atoms with Crippen molar-refractivity contribution in [2.45, 2.75) is 31.5 Å². The van der Waals surface area contributed by atoms with Crippen molar-refractivity contribution in [2.24, 2.45) is 5.73 Å². The van der Waals surface area contributed by atoms with Gasteiger partial charge >= 0.3 is 0 Å². The number of pyridine rings is 1. The molecule has 3 N–H and O–H groups in total. The van der Waals surface area contributed by atoms with Crippen molar-refractivity contribution in [3.05, 3.63) is 24.1 Å². The number of aromatic nitrogens is 1. The lowest BCUT2D eigenvalue weighted by molar-refractivity contribution is -0.0128. The highest BCUT2D eigenvalue weighted by Crippen LogP contribution is 2.26. The van der Waals surface area contributed by atoms with Crippen LogP contribution in [0.2, 0.25) is 0 Å². The fraction of sp³-hybridized carbons (Fsp3) is 0.545. The second-order valence-electron chi connectivity index (χ2n) is 3.90. The molecule has 3 atom stereocenters. The van der Waals surface area contributed by atoms with E-state index in [0.29, 0.717) is 6.61 Å². The average Bonchev–Trinajstić information content (AvgIpc) is 2.28. The highest BCUT2D eigenvalue weighted by Gasteiger charge is 2.39. The zero-order valence-electron chi connectivity index (χ0n) is 9.19. The van der Waals surface area contributed by atoms with E-state index in [1.807, 2.05) is 6.92 Å². The third-order valence-electron chi connectivity index (χ3n) is 2.81. The Morgan fingerprint density at radius 2 is 2.50 bits per heavy atom. The van der Waals surface area contributed by atoms with Gasteiger partial charge < -0.3 is 15.8 Å². The predicted octanol–water partition coefficient (Wildman–Crippen LogP) is 1.14. The number of hydrogen-bond donors (Lipinski definition) is 2. The van der Waals surface area contributed by atoms with E-state index in [1.165, 1.54) is 6.07 Å². The molecule has 0 aromatic carbocycles. The van der Waals surface area contributed by atoms with Crippen LogP contribution in [0.1, 0.15) is 13.3 Å². The Bertz CT molecular complexity index is 359. The van der Waals surface area contributed by atoms with Gasteiger partial charge in [-0.3, -0.25) is 0 Å². The molecule has 1 fully saturated rings. The Hall–Kier alpha value is -1.20. The lowest BCUT2D eigenvalue weighted by Crippen LogP contribution is -2.60. The van der Waals surface area contributed by atoms with Gasteiger partial charge in [-0.25, -0.2) is 9.37 Å². The van der Waals surface area contributed by atoms with E-state index in [9.17, 15) is 4.39 Å². The van der Waals surface area contributed by atoms with Crippen molar-refractivity contribution in [2.75, 3.05) is 11.9 Å². The smallest absolute Gasteiger partial charge is 0.165 e. The molecule has 4 nitrogen and oxygen atoms in total. The molecular formula is C11H16FN3O. The molecule has 2 rings (SSSR count). The molecule has 0 bridgehead atoms. The molecule has 5 heteroatoms. The number of anilines is 1. The molecule has 88 valence electrons. The minimum absolute atomic E-state index is 0.00189. The van der Waals surface area contributed by atoms with Crippen molar-refractivity contribution in [3.8, 4) is 0 Å². The fourth-order valence-corrected chi connectivity index (χ4v) is 1.88. The first-order valence-electron chi connectivity index (χ1n) is 5.46. The molecular weight excluding hydrogens is 209 g/mol. The summed E-state index contributed by atoms with van der Waals surface area (Å²) >= 11 is 0. The van der Waals surface area contributed by atoms with Gasteiger partial charge in [0.05, 0.1) is 12.1 Å². The zero-order chi connectivity index (χ0) is 11.5. The van der Waals surface area contributed by atoms with Gasteiger partial charge in [0.25, 0.3) is 0 Å². The molecule has 16 heavy (non-hydrogen) atoms. The van der Waals surface area contributed by atoms with Crippen LogP contribution in [0.25, 0.3) is 0 Å². The van der Waals surface area contributed by atoms with E-state index in [4.69, 9.17) is 10.5 Å². The maximum Gasteiger partial charge on any atom is 0.165 e. The van der Waals surface area contributed by atoms with E-state index in [-0.39, 0.29) is 29.8 Å². The molecule has 0 spiro atoms. The molecule has 0 radical (unpaired) electrons. The number of nitrogens with zero attached hydrogens (tertiary/aromatic N) is 1. The summed E-state index contributed by atoms with van der Waals surface area (Å²) in [4.78, 5) is 3.93. The van der Waals surface area contributed by atoms with Crippen molar-refractivity contribution in [3.63, 3.8) is 0 Å². The summed E-state index contributed by atoms with van der Waals surface area (Å²) in [5.74, 6) is -0.121. The first-order chi connectivity index (χ1) is 7.72. The largest absolute Gasteiger partial charge is 0.376 e. The van der Waals surface area contributed by atoms with Crippen molar-refractivity contribution < 1.29 is 9.13 Å². The van der Waals surface area contributed by atoms with E-state index in [1.54, 1.807) is 12.3 Å². The molecule has 1 aliphatic rings. The number of rotatable bonds is 4. The van der Waals surface area contributed by atoms with Gasteiger partial charge in [-0.15, -0.1) is 0 Å². The van der Waals surface area contributed by atoms with Gasteiger partial charge in [-0.2, -0.15) is 0 Å². The first-order valence-corrected chi connectivity index (χ1v) is 5.46. The van der Waals surface area contributed by atoms with Crippen molar-refractivity contribution in [1.82, 2.24) is 4.98 Å². The van der Waals surface area contributed by atoms with Gasteiger partial charge in [-0.05, 0) is 25.5 Å². The quantitative estimate of drug-likeness (QED) is 0.806. The van der Waals surface area contributed by atoms with Gasteiger partial charge in [0, 0.05) is 18.8 Å². The van der Waals surface area contributed by atoms with Crippen LogP contribution in [-0.2, 0) is 4.74 Å². The SMILES string of the molecule is CCOC1CC(N)C1Nc1ncccc1F. The summed E-state index contributed by atoms with van der Waals surface area (Å²) in [7, 11) is 0. The van der Waals surface area contributed by atoms with Gasteiger partial charge in [0.2, 0.25) is 0 Å². The Morgan fingerprint density at radius 3 is 3.12 bits per heavy atom. The summed E-state index contributed by atoms with van der Waals surface area (Å²) < 4.78 is 18.8. The van der Waals surface area contributed by atoms with Crippen LogP contribution in [0.4, 0.5) is 10.2 Å². The minimum atomic E-state index is -0.364. The average molecular weight is 225 g/mol. The molecule has 1 heterocycles. The number of nitrogens with two attached hydrogens (primary N) is 1. The van der Waals surface area contributed by atoms with Crippen LogP contribution in [0, 0.1) is 5.82 Å². The van der Waals surface area contributed by atoms with Crippen molar-refractivity contribution >= 4 is 5.82 Å². The third kappa shape index (κ3) is 2.15. The lowest BCUT2D eigenvalue weighted by Gasteiger charge is -2.42. The number of nitrogens with one attached hydrogen (secondary N) is 1. The van der Waals surface area contributed by atoms with Crippen molar-refractivity contribution in [1.29, 1.82) is 0 Å². The van der Waals surface area contributed by atoms with Crippen LogP contribution in [0.3, 0.4) is 0 Å². The Kier molecular flexibility index (Phi) is 3.36. The molecule has 1 saturated carbocycles. The second-order valence-corrected chi connectivity index (χ2v) is 3.90. The number of halogens is 1. The topological polar surface area (TPSA) is 60.2 Å². The molecule has 1 aromatic rings. The summed E-state index contributed by atoms with van der Waals surface area (Å²) in [6, 6.07) is 2.87. The predicted molar refractivity (Wildman–Crippen MR) is 59.6 cm³/mol. The summed E-state index contributed by atoms with van der Waals surface area (Å²) in [6.45, 7) is 2.57. The lowest BCUT2D eigenvalue weighted by atomic mass is 9.83. The number of hydrogen-bond acceptors (Lipinski definition) is 4. The van der Waals surface area contributed by atoms with E-state index in [2.05, 4.69) is 10.3 Å². The normalized spacial score (nSPS) is 28.6. The molecule has 1 aromatic heterocycles. The van der Waals surface area contributed by atoms with E-state index in [0.717, 1.165) is 6.42 Å². The third-order valence-corrected chi connectivity index (χ3v) is 2.81. The molecule has 0 aliphatic heterocycles. The maximum atomic E-state index is 13.3. The van der Waals surface area contributed by atoms with E-state index < -0.39 is 0 Å². The van der Waals surface area contributed by atoms with Gasteiger partial charge in [-0.1, -0.05) is 0 Å². The summed E-state index contributed by atoms with van der Waals surface area (Å²) in [5, 5.41) is 3.00. The fourth-order valence-electron chi connectivity index (χ4n) is 1.88.